The van der Waals surface area contributed by atoms with E-state index in [9.17, 15) is 14.4 Å². The van der Waals surface area contributed by atoms with Gasteiger partial charge < -0.3 is 25.6 Å². The van der Waals surface area contributed by atoms with Gasteiger partial charge in [-0.25, -0.2) is 9.59 Å². The van der Waals surface area contributed by atoms with Crippen LogP contribution < -0.4 is 10.6 Å². The van der Waals surface area contributed by atoms with Crippen LogP contribution in [0, 0.1) is 0 Å². The highest BCUT2D eigenvalue weighted by molar-refractivity contribution is 5.82. The molecule has 4 N–H and O–H groups in total. The summed E-state index contributed by atoms with van der Waals surface area (Å²) in [5.41, 5.74) is 0. The zero-order chi connectivity index (χ0) is 14.0. The molecular formula is C10H18N2O6. The fourth-order valence-corrected chi connectivity index (χ4v) is 1.11. The van der Waals surface area contributed by atoms with Crippen LogP contribution in [0.15, 0.2) is 0 Å². The van der Waals surface area contributed by atoms with Gasteiger partial charge in [0.1, 0.15) is 6.04 Å². The minimum Gasteiger partial charge on any atom is -0.480 e. The van der Waals surface area contributed by atoms with Crippen LogP contribution in [0.4, 0.5) is 4.79 Å². The lowest BCUT2D eigenvalue weighted by Crippen LogP contribution is -2.46. The van der Waals surface area contributed by atoms with Crippen molar-refractivity contribution in [3.8, 4) is 0 Å². The van der Waals surface area contributed by atoms with Gasteiger partial charge in [-0.15, -0.1) is 0 Å². The molecule has 18 heavy (non-hydrogen) atoms. The Morgan fingerprint density at radius 3 is 2.50 bits per heavy atom. The molecule has 0 aliphatic heterocycles. The lowest BCUT2D eigenvalue weighted by molar-refractivity contribution is -0.143. The maximum atomic E-state index is 11.3. The lowest BCUT2D eigenvalue weighted by Gasteiger charge is -2.13. The molecule has 1 atom stereocenters. The van der Waals surface area contributed by atoms with Gasteiger partial charge in [0.25, 0.3) is 0 Å². The number of aliphatic carboxylic acids is 1. The number of nitrogens with one attached hydrogen (secondary N) is 2. The molecular weight excluding hydrogens is 244 g/mol. The van der Waals surface area contributed by atoms with E-state index in [0.29, 0.717) is 0 Å². The lowest BCUT2D eigenvalue weighted by atomic mass is 10.2. The average molecular weight is 262 g/mol. The molecule has 8 nitrogen and oxygen atoms in total. The third kappa shape index (κ3) is 7.44. The second kappa shape index (κ2) is 9.23. The van der Waals surface area contributed by atoms with Gasteiger partial charge in [-0.05, 0) is 6.92 Å². The first kappa shape index (κ1) is 16.2. The first-order chi connectivity index (χ1) is 8.51. The number of ether oxygens (including phenoxy) is 1. The van der Waals surface area contributed by atoms with E-state index in [2.05, 4.69) is 15.4 Å². The number of carboxylic acid groups (broad SMARTS) is 1. The van der Waals surface area contributed by atoms with Gasteiger partial charge in [-0.1, -0.05) is 0 Å². The number of rotatable bonds is 8. The fraction of sp³-hybridized carbons (Fsp3) is 0.700. The molecule has 0 spiro atoms. The summed E-state index contributed by atoms with van der Waals surface area (Å²) in [6, 6.07) is -1.86. The van der Waals surface area contributed by atoms with Gasteiger partial charge in [0.2, 0.25) is 0 Å². The van der Waals surface area contributed by atoms with Crippen LogP contribution in [0.3, 0.4) is 0 Å². The molecule has 0 aromatic heterocycles. The van der Waals surface area contributed by atoms with Gasteiger partial charge in [0.05, 0.1) is 13.0 Å². The number of hydrogen-bond donors (Lipinski definition) is 4. The van der Waals surface area contributed by atoms with E-state index >= 15 is 0 Å². The van der Waals surface area contributed by atoms with Gasteiger partial charge in [-0.2, -0.15) is 0 Å². The molecule has 0 aromatic carbocycles. The van der Waals surface area contributed by atoms with Crippen LogP contribution in [0.1, 0.15) is 19.8 Å². The quantitative estimate of drug-likeness (QED) is 0.419. The van der Waals surface area contributed by atoms with E-state index in [4.69, 9.17) is 10.2 Å². The SMILES string of the molecule is CCOC(=O)CCNC(=O)N[C@@H](CCO)C(=O)O. The fourth-order valence-electron chi connectivity index (χ4n) is 1.11. The second-order valence-corrected chi connectivity index (χ2v) is 3.36. The first-order valence-corrected chi connectivity index (χ1v) is 5.54. The Balaban J connectivity index is 3.88. The minimum absolute atomic E-state index is 0.0129. The van der Waals surface area contributed by atoms with Crippen molar-refractivity contribution >= 4 is 18.0 Å². The third-order valence-electron chi connectivity index (χ3n) is 1.94. The molecule has 0 saturated carbocycles. The minimum atomic E-state index is -1.23. The molecule has 8 heteroatoms. The molecule has 0 fully saturated rings. The molecule has 0 aliphatic carbocycles. The molecule has 0 heterocycles. The highest BCUT2D eigenvalue weighted by atomic mass is 16.5. The Labute approximate surface area is 104 Å². The predicted octanol–water partition coefficient (Wildman–Crippen LogP) is -0.926. The van der Waals surface area contributed by atoms with Gasteiger partial charge in [0.15, 0.2) is 0 Å². The number of carboxylic acids is 1. The van der Waals surface area contributed by atoms with E-state index in [1.807, 2.05) is 0 Å². The molecule has 104 valence electrons. The van der Waals surface area contributed by atoms with Crippen LogP contribution in [-0.4, -0.2) is 54.0 Å². The number of carbonyl (C=O) groups is 3. The van der Waals surface area contributed by atoms with E-state index in [0.717, 1.165) is 0 Å². The smallest absolute Gasteiger partial charge is 0.326 e. The van der Waals surface area contributed by atoms with Crippen LogP contribution >= 0.6 is 0 Å². The average Bonchev–Trinajstić information content (AvgIpc) is 2.28. The van der Waals surface area contributed by atoms with Crippen molar-refractivity contribution in [2.75, 3.05) is 19.8 Å². The van der Waals surface area contributed by atoms with E-state index in [1.54, 1.807) is 6.92 Å². The Morgan fingerprint density at radius 1 is 1.33 bits per heavy atom. The number of amides is 2. The number of esters is 1. The second-order valence-electron chi connectivity index (χ2n) is 3.36. The van der Waals surface area contributed by atoms with E-state index < -0.39 is 24.0 Å². The summed E-state index contributed by atoms with van der Waals surface area (Å²) in [5, 5.41) is 21.8. The molecule has 2 amide bonds. The topological polar surface area (TPSA) is 125 Å². The van der Waals surface area contributed by atoms with E-state index in [1.165, 1.54) is 0 Å². The highest BCUT2D eigenvalue weighted by Gasteiger charge is 2.18. The zero-order valence-electron chi connectivity index (χ0n) is 10.1. The number of aliphatic hydroxyl groups is 1. The molecule has 0 unspecified atom stereocenters. The summed E-state index contributed by atoms with van der Waals surface area (Å²) >= 11 is 0. The predicted molar refractivity (Wildman–Crippen MR) is 60.9 cm³/mol. The van der Waals surface area contributed by atoms with E-state index in [-0.39, 0.29) is 32.6 Å². The summed E-state index contributed by atoms with van der Waals surface area (Å²) in [7, 11) is 0. The van der Waals surface area contributed by atoms with Crippen LogP contribution in [0.25, 0.3) is 0 Å². The van der Waals surface area contributed by atoms with Crippen LogP contribution in [0.5, 0.6) is 0 Å². The van der Waals surface area contributed by atoms with Crippen molar-refractivity contribution in [3.63, 3.8) is 0 Å². The summed E-state index contributed by atoms with van der Waals surface area (Å²) in [6.07, 6.45) is -0.0698. The van der Waals surface area contributed by atoms with Crippen molar-refractivity contribution in [3.05, 3.63) is 0 Å². The first-order valence-electron chi connectivity index (χ1n) is 5.54. The summed E-state index contributed by atoms with van der Waals surface area (Å²) in [5.74, 6) is -1.67. The molecule has 0 bridgehead atoms. The number of carbonyl (C=O) groups excluding carboxylic acids is 2. The molecule has 0 aromatic rings. The van der Waals surface area contributed by atoms with Gasteiger partial charge in [-0.3, -0.25) is 4.79 Å². The number of hydrogen-bond acceptors (Lipinski definition) is 5. The van der Waals surface area contributed by atoms with Crippen molar-refractivity contribution < 1.29 is 29.3 Å². The Bertz CT molecular complexity index is 294. The van der Waals surface area contributed by atoms with Crippen molar-refractivity contribution in [2.45, 2.75) is 25.8 Å². The monoisotopic (exact) mass is 262 g/mol. The van der Waals surface area contributed by atoms with Crippen LogP contribution in [0.2, 0.25) is 0 Å². The molecule has 0 saturated heterocycles. The van der Waals surface area contributed by atoms with Gasteiger partial charge >= 0.3 is 18.0 Å². The summed E-state index contributed by atoms with van der Waals surface area (Å²) < 4.78 is 4.64. The molecule has 0 aliphatic rings. The third-order valence-corrected chi connectivity index (χ3v) is 1.94. The Morgan fingerprint density at radius 2 is 2.00 bits per heavy atom. The largest absolute Gasteiger partial charge is 0.480 e. The van der Waals surface area contributed by atoms with Crippen molar-refractivity contribution in [2.24, 2.45) is 0 Å². The highest BCUT2D eigenvalue weighted by Crippen LogP contribution is 1.91. The zero-order valence-corrected chi connectivity index (χ0v) is 10.1. The molecule has 0 rings (SSSR count). The molecule has 0 radical (unpaired) electrons. The standard InChI is InChI=1S/C10H18N2O6/c1-2-18-8(14)3-5-11-10(17)12-7(4-6-13)9(15)16/h7,13H,2-6H2,1H3,(H,15,16)(H2,11,12,17)/t7-/m0/s1. The van der Waals surface area contributed by atoms with Crippen molar-refractivity contribution in [1.29, 1.82) is 0 Å². The van der Waals surface area contributed by atoms with Crippen molar-refractivity contribution in [1.82, 2.24) is 10.6 Å². The summed E-state index contributed by atoms with van der Waals surface area (Å²) in [6.45, 7) is 1.64. The maximum Gasteiger partial charge on any atom is 0.326 e. The normalized spacial score (nSPS) is 11.4. The summed E-state index contributed by atoms with van der Waals surface area (Å²) in [4.78, 5) is 32.9. The maximum absolute atomic E-state index is 11.3. The number of aliphatic hydroxyl groups excluding tert-OH is 1. The Kier molecular flexibility index (Phi) is 8.29. The Hall–Kier alpha value is -1.83. The van der Waals surface area contributed by atoms with Crippen LogP contribution in [-0.2, 0) is 14.3 Å². The van der Waals surface area contributed by atoms with Gasteiger partial charge in [0, 0.05) is 19.6 Å². The number of urea groups is 1.